The smallest absolute Gasteiger partial charge is 0.359 e. The first kappa shape index (κ1) is 20.4. The van der Waals surface area contributed by atoms with Gasteiger partial charge in [0.25, 0.3) is 11.5 Å². The number of amides is 1. The van der Waals surface area contributed by atoms with Crippen molar-refractivity contribution in [2.24, 2.45) is 0 Å². The number of anilines is 1. The van der Waals surface area contributed by atoms with E-state index in [9.17, 15) is 14.4 Å². The molecular weight excluding hydrogens is 422 g/mol. The van der Waals surface area contributed by atoms with Crippen LogP contribution in [0.25, 0.3) is 16.5 Å². The van der Waals surface area contributed by atoms with Gasteiger partial charge in [-0.3, -0.25) is 9.59 Å². The van der Waals surface area contributed by atoms with Crippen molar-refractivity contribution in [1.82, 2.24) is 9.78 Å². The fourth-order valence-corrected chi connectivity index (χ4v) is 3.89. The summed E-state index contributed by atoms with van der Waals surface area (Å²) in [5.41, 5.74) is -0.0982. The topological polar surface area (TPSA) is 113 Å². The summed E-state index contributed by atoms with van der Waals surface area (Å²) in [4.78, 5) is 38.3. The number of methoxy groups -OCH3 is 1. The molecule has 0 bridgehead atoms. The molecule has 3 aromatic heterocycles. The van der Waals surface area contributed by atoms with Crippen LogP contribution >= 0.6 is 11.3 Å². The predicted molar refractivity (Wildman–Crippen MR) is 114 cm³/mol. The van der Waals surface area contributed by atoms with Crippen molar-refractivity contribution in [3.63, 3.8) is 0 Å². The maximum absolute atomic E-state index is 13.3. The first-order valence-corrected chi connectivity index (χ1v) is 10.1. The second-order valence-electron chi connectivity index (χ2n) is 6.27. The van der Waals surface area contributed by atoms with Crippen LogP contribution in [0.1, 0.15) is 28.0 Å². The highest BCUT2D eigenvalue weighted by Crippen LogP contribution is 2.31. The molecule has 0 aliphatic carbocycles. The lowest BCUT2D eigenvalue weighted by Crippen LogP contribution is -2.25. The van der Waals surface area contributed by atoms with Crippen LogP contribution in [0.3, 0.4) is 0 Å². The molecule has 0 fully saturated rings. The van der Waals surface area contributed by atoms with Crippen molar-refractivity contribution in [3.05, 3.63) is 69.8 Å². The molecule has 0 unspecified atom stereocenters. The quantitative estimate of drug-likeness (QED) is 0.458. The molecule has 1 amide bonds. The highest BCUT2D eigenvalue weighted by atomic mass is 32.1. The van der Waals surface area contributed by atoms with E-state index < -0.39 is 17.4 Å². The Kier molecular flexibility index (Phi) is 5.54. The van der Waals surface area contributed by atoms with Gasteiger partial charge in [-0.15, -0.1) is 11.3 Å². The number of benzene rings is 1. The number of ether oxygens (including phenoxy) is 2. The van der Waals surface area contributed by atoms with Crippen molar-refractivity contribution in [3.8, 4) is 11.4 Å². The van der Waals surface area contributed by atoms with E-state index in [-0.39, 0.29) is 28.4 Å². The molecule has 0 saturated heterocycles. The number of carbonyl (C=O) groups excluding carboxylic acids is 2. The molecule has 31 heavy (non-hydrogen) atoms. The van der Waals surface area contributed by atoms with Gasteiger partial charge in [0.15, 0.2) is 11.5 Å². The third-order valence-electron chi connectivity index (χ3n) is 4.41. The first-order valence-electron chi connectivity index (χ1n) is 9.24. The SMILES string of the molecule is CCOC(=O)c1nn(-c2ccc(OC)cc2)c(=O)c2c(NC(=O)c3ccco3)scc12. The zero-order chi connectivity index (χ0) is 22.0. The Hall–Kier alpha value is -3.92. The predicted octanol–water partition coefficient (Wildman–Crippen LogP) is 3.48. The van der Waals surface area contributed by atoms with Crippen molar-refractivity contribution >= 4 is 39.0 Å². The van der Waals surface area contributed by atoms with Gasteiger partial charge in [0.2, 0.25) is 0 Å². The Balaban J connectivity index is 1.89. The number of furan rings is 1. The van der Waals surface area contributed by atoms with Gasteiger partial charge in [0.05, 0.1) is 31.1 Å². The van der Waals surface area contributed by atoms with E-state index in [1.807, 2.05) is 0 Å². The summed E-state index contributed by atoms with van der Waals surface area (Å²) in [5, 5.41) is 9.24. The molecule has 1 N–H and O–H groups in total. The Labute approximate surface area is 179 Å². The minimum absolute atomic E-state index is 0.0259. The number of fused-ring (bicyclic) bond motifs is 1. The monoisotopic (exact) mass is 439 g/mol. The normalized spacial score (nSPS) is 10.8. The first-order chi connectivity index (χ1) is 15.0. The van der Waals surface area contributed by atoms with Crippen LogP contribution in [0, 0.1) is 0 Å². The lowest BCUT2D eigenvalue weighted by atomic mass is 10.2. The van der Waals surface area contributed by atoms with Gasteiger partial charge in [0, 0.05) is 10.8 Å². The van der Waals surface area contributed by atoms with E-state index in [4.69, 9.17) is 13.9 Å². The lowest BCUT2D eigenvalue weighted by molar-refractivity contribution is 0.0520. The van der Waals surface area contributed by atoms with E-state index in [0.29, 0.717) is 16.8 Å². The van der Waals surface area contributed by atoms with Crippen LogP contribution in [0.5, 0.6) is 5.75 Å². The third-order valence-corrected chi connectivity index (χ3v) is 5.31. The molecular formula is C21H17N3O6S. The van der Waals surface area contributed by atoms with Gasteiger partial charge >= 0.3 is 5.97 Å². The van der Waals surface area contributed by atoms with Gasteiger partial charge in [0.1, 0.15) is 10.8 Å². The van der Waals surface area contributed by atoms with Crippen LogP contribution in [0.2, 0.25) is 0 Å². The molecule has 4 aromatic rings. The number of hydrogen-bond acceptors (Lipinski definition) is 8. The van der Waals surface area contributed by atoms with Crippen LogP contribution in [0.4, 0.5) is 5.00 Å². The van der Waals surface area contributed by atoms with Gasteiger partial charge in [-0.05, 0) is 43.3 Å². The van der Waals surface area contributed by atoms with E-state index in [2.05, 4.69) is 10.4 Å². The van der Waals surface area contributed by atoms with Crippen LogP contribution in [0.15, 0.2) is 57.3 Å². The highest BCUT2D eigenvalue weighted by molar-refractivity contribution is 7.16. The summed E-state index contributed by atoms with van der Waals surface area (Å²) in [6.07, 6.45) is 1.38. The zero-order valence-corrected chi connectivity index (χ0v) is 17.4. The standard InChI is InChI=1S/C21H17N3O6S/c1-3-29-21(27)17-14-11-31-19(22-18(25)15-5-4-10-30-15)16(14)20(26)24(23-17)12-6-8-13(28-2)9-7-12/h4-11H,3H2,1-2H3,(H,22,25). The summed E-state index contributed by atoms with van der Waals surface area (Å²) < 4.78 is 16.5. The van der Waals surface area contributed by atoms with Crippen molar-refractivity contribution in [1.29, 1.82) is 0 Å². The highest BCUT2D eigenvalue weighted by Gasteiger charge is 2.23. The Morgan fingerprint density at radius 3 is 2.65 bits per heavy atom. The summed E-state index contributed by atoms with van der Waals surface area (Å²) in [6.45, 7) is 1.83. The van der Waals surface area contributed by atoms with Gasteiger partial charge in [-0.2, -0.15) is 9.78 Å². The number of nitrogens with zero attached hydrogens (tertiary/aromatic N) is 2. The van der Waals surface area contributed by atoms with E-state index in [1.165, 1.54) is 19.4 Å². The Morgan fingerprint density at radius 1 is 1.23 bits per heavy atom. The number of thiophene rings is 1. The number of rotatable bonds is 6. The molecule has 9 nitrogen and oxygen atoms in total. The minimum Gasteiger partial charge on any atom is -0.497 e. The molecule has 1 aromatic carbocycles. The summed E-state index contributed by atoms with van der Waals surface area (Å²) in [5.74, 6) is -0.489. The van der Waals surface area contributed by atoms with Gasteiger partial charge in [-0.1, -0.05) is 0 Å². The van der Waals surface area contributed by atoms with Crippen LogP contribution in [-0.4, -0.2) is 35.4 Å². The number of carbonyl (C=O) groups is 2. The average molecular weight is 439 g/mol. The molecule has 0 radical (unpaired) electrons. The second kappa shape index (κ2) is 8.44. The van der Waals surface area contributed by atoms with Crippen molar-refractivity contribution in [2.45, 2.75) is 6.92 Å². The fraction of sp³-hybridized carbons (Fsp3) is 0.143. The number of aromatic nitrogens is 2. The maximum Gasteiger partial charge on any atom is 0.359 e. The summed E-state index contributed by atoms with van der Waals surface area (Å²) in [6, 6.07) is 9.71. The lowest BCUT2D eigenvalue weighted by Gasteiger charge is -2.10. The van der Waals surface area contributed by atoms with Crippen molar-refractivity contribution < 1.29 is 23.5 Å². The minimum atomic E-state index is -0.670. The molecule has 0 aliphatic heterocycles. The Morgan fingerprint density at radius 2 is 2.00 bits per heavy atom. The molecule has 158 valence electrons. The average Bonchev–Trinajstić information content (AvgIpc) is 3.45. The van der Waals surface area contributed by atoms with Crippen LogP contribution in [-0.2, 0) is 4.74 Å². The van der Waals surface area contributed by atoms with Gasteiger partial charge < -0.3 is 19.2 Å². The molecule has 0 saturated carbocycles. The second-order valence-corrected chi connectivity index (χ2v) is 7.15. The van der Waals surface area contributed by atoms with Gasteiger partial charge in [-0.25, -0.2) is 4.79 Å². The fourth-order valence-electron chi connectivity index (χ4n) is 2.96. The van der Waals surface area contributed by atoms with E-state index >= 15 is 0 Å². The summed E-state index contributed by atoms with van der Waals surface area (Å²) in [7, 11) is 1.53. The molecule has 0 aliphatic rings. The Bertz CT molecular complexity index is 1310. The van der Waals surface area contributed by atoms with E-state index in [0.717, 1.165) is 16.0 Å². The zero-order valence-electron chi connectivity index (χ0n) is 16.6. The molecule has 3 heterocycles. The molecule has 0 atom stereocenters. The largest absolute Gasteiger partial charge is 0.497 e. The third kappa shape index (κ3) is 3.80. The van der Waals surface area contributed by atoms with E-state index in [1.54, 1.807) is 42.6 Å². The summed E-state index contributed by atoms with van der Waals surface area (Å²) >= 11 is 1.11. The maximum atomic E-state index is 13.3. The number of esters is 1. The van der Waals surface area contributed by atoms with Crippen LogP contribution < -0.4 is 15.6 Å². The number of hydrogen-bond donors (Lipinski definition) is 1. The van der Waals surface area contributed by atoms with Crippen molar-refractivity contribution in [2.75, 3.05) is 19.0 Å². The molecule has 4 rings (SSSR count). The molecule has 10 heteroatoms. The molecule has 0 spiro atoms. The number of nitrogens with one attached hydrogen (secondary N) is 1.